The van der Waals surface area contributed by atoms with Gasteiger partial charge in [-0.3, -0.25) is 25.2 Å². The molecule has 0 unspecified atom stereocenters. The van der Waals surface area contributed by atoms with Gasteiger partial charge in [0.2, 0.25) is 0 Å². The summed E-state index contributed by atoms with van der Waals surface area (Å²) in [6, 6.07) is 21.0. The van der Waals surface area contributed by atoms with Crippen LogP contribution in [0.5, 0.6) is 11.5 Å². The van der Waals surface area contributed by atoms with E-state index >= 15 is 0 Å². The van der Waals surface area contributed by atoms with Gasteiger partial charge in [0, 0.05) is 11.1 Å². The van der Waals surface area contributed by atoms with Gasteiger partial charge in [0.15, 0.2) is 19.0 Å². The molecule has 3 aromatic rings. The molecule has 2 amide bonds. The highest BCUT2D eigenvalue weighted by Gasteiger charge is 2.10. The number of amides is 2. The third-order valence-corrected chi connectivity index (χ3v) is 4.71. The van der Waals surface area contributed by atoms with Crippen molar-refractivity contribution in [3.8, 4) is 11.5 Å². The highest BCUT2D eigenvalue weighted by Crippen LogP contribution is 2.16. The van der Waals surface area contributed by atoms with Crippen LogP contribution in [0.1, 0.15) is 27.0 Å². The minimum Gasteiger partial charge on any atom is -0.484 e. The van der Waals surface area contributed by atoms with Crippen LogP contribution in [0.2, 0.25) is 0 Å². The number of nitrogens with one attached hydrogen (secondary N) is 2. The van der Waals surface area contributed by atoms with E-state index < -0.39 is 11.8 Å². The van der Waals surface area contributed by atoms with E-state index in [1.54, 1.807) is 54.6 Å². The Labute approximate surface area is 186 Å². The molecule has 32 heavy (non-hydrogen) atoms. The Bertz CT molecular complexity index is 1100. The van der Waals surface area contributed by atoms with Crippen LogP contribution in [0.3, 0.4) is 0 Å². The quantitative estimate of drug-likeness (QED) is 0.421. The second kappa shape index (κ2) is 10.8. The maximum atomic E-state index is 12.4. The summed E-state index contributed by atoms with van der Waals surface area (Å²) in [4.78, 5) is 36.1. The van der Waals surface area contributed by atoms with Gasteiger partial charge >= 0.3 is 0 Å². The summed E-state index contributed by atoms with van der Waals surface area (Å²) < 4.78 is 10.8. The summed E-state index contributed by atoms with van der Waals surface area (Å²) in [6.07, 6.45) is 0. The van der Waals surface area contributed by atoms with Crippen molar-refractivity contribution >= 4 is 17.6 Å². The third-order valence-electron chi connectivity index (χ3n) is 4.71. The van der Waals surface area contributed by atoms with Gasteiger partial charge in [0.05, 0.1) is 0 Å². The summed E-state index contributed by atoms with van der Waals surface area (Å²) in [7, 11) is 0. The Balaban J connectivity index is 1.39. The molecule has 0 saturated heterocycles. The van der Waals surface area contributed by atoms with Crippen LogP contribution >= 0.6 is 0 Å². The lowest BCUT2D eigenvalue weighted by molar-refractivity contribution is -0.131. The molecule has 0 saturated carbocycles. The molecule has 0 aliphatic heterocycles. The monoisotopic (exact) mass is 432 g/mol. The predicted molar refractivity (Wildman–Crippen MR) is 120 cm³/mol. The molecule has 0 atom stereocenters. The van der Waals surface area contributed by atoms with E-state index in [9.17, 15) is 14.4 Å². The molecule has 0 fully saturated rings. The zero-order valence-electron chi connectivity index (χ0n) is 17.9. The van der Waals surface area contributed by atoms with E-state index in [0.717, 1.165) is 11.1 Å². The van der Waals surface area contributed by atoms with Crippen LogP contribution in [0.25, 0.3) is 0 Å². The molecular weight excluding hydrogens is 408 g/mol. The van der Waals surface area contributed by atoms with Gasteiger partial charge in [-0.05, 0) is 61.4 Å². The largest absolute Gasteiger partial charge is 0.484 e. The Morgan fingerprint density at radius 2 is 1.19 bits per heavy atom. The van der Waals surface area contributed by atoms with E-state index in [2.05, 4.69) is 10.9 Å². The van der Waals surface area contributed by atoms with Crippen molar-refractivity contribution < 1.29 is 23.9 Å². The van der Waals surface area contributed by atoms with Crippen molar-refractivity contribution in [2.45, 2.75) is 13.8 Å². The molecule has 0 bridgehead atoms. The molecule has 0 aliphatic carbocycles. The number of hydrogen-bond acceptors (Lipinski definition) is 5. The lowest BCUT2D eigenvalue weighted by Crippen LogP contribution is -2.45. The van der Waals surface area contributed by atoms with E-state index in [1.165, 1.54) is 0 Å². The molecule has 3 rings (SSSR count). The van der Waals surface area contributed by atoms with Gasteiger partial charge in [-0.2, -0.15) is 0 Å². The number of ether oxygens (including phenoxy) is 2. The lowest BCUT2D eigenvalue weighted by Gasteiger charge is -2.11. The standard InChI is InChI=1S/C25H24N2O5/c1-17-8-11-22(14-18(17)2)32-16-24(29)27-26-23(28)15-31-21-12-9-20(10-13-21)25(30)19-6-4-3-5-7-19/h3-14H,15-16H2,1-2H3,(H,26,28)(H,27,29). The van der Waals surface area contributed by atoms with Crippen molar-refractivity contribution in [2.24, 2.45) is 0 Å². The fraction of sp³-hybridized carbons (Fsp3) is 0.160. The molecule has 0 spiro atoms. The molecule has 164 valence electrons. The summed E-state index contributed by atoms with van der Waals surface area (Å²) in [6.45, 7) is 3.41. The third kappa shape index (κ3) is 6.43. The average Bonchev–Trinajstić information content (AvgIpc) is 2.82. The Hall–Kier alpha value is -4.13. The Morgan fingerprint density at radius 1 is 0.656 bits per heavy atom. The normalized spacial score (nSPS) is 10.2. The molecular formula is C25H24N2O5. The van der Waals surface area contributed by atoms with Crippen molar-refractivity contribution in [2.75, 3.05) is 13.2 Å². The van der Waals surface area contributed by atoms with Crippen LogP contribution in [0.15, 0.2) is 72.8 Å². The second-order valence-electron chi connectivity index (χ2n) is 7.14. The number of aryl methyl sites for hydroxylation is 2. The smallest absolute Gasteiger partial charge is 0.276 e. The van der Waals surface area contributed by atoms with E-state index in [4.69, 9.17) is 9.47 Å². The summed E-state index contributed by atoms with van der Waals surface area (Å²) >= 11 is 0. The summed E-state index contributed by atoms with van der Waals surface area (Å²) in [5, 5.41) is 0. The molecule has 0 heterocycles. The maximum Gasteiger partial charge on any atom is 0.276 e. The fourth-order valence-electron chi connectivity index (χ4n) is 2.77. The van der Waals surface area contributed by atoms with E-state index in [0.29, 0.717) is 22.6 Å². The van der Waals surface area contributed by atoms with Crippen LogP contribution < -0.4 is 20.3 Å². The molecule has 7 heteroatoms. The van der Waals surface area contributed by atoms with Gasteiger partial charge in [0.1, 0.15) is 11.5 Å². The minimum atomic E-state index is -0.533. The highest BCUT2D eigenvalue weighted by molar-refractivity contribution is 6.09. The number of benzene rings is 3. The van der Waals surface area contributed by atoms with Crippen LogP contribution in [0, 0.1) is 13.8 Å². The van der Waals surface area contributed by atoms with Gasteiger partial charge in [0.25, 0.3) is 11.8 Å². The van der Waals surface area contributed by atoms with Crippen LogP contribution in [-0.2, 0) is 9.59 Å². The van der Waals surface area contributed by atoms with Gasteiger partial charge in [-0.1, -0.05) is 36.4 Å². The fourth-order valence-corrected chi connectivity index (χ4v) is 2.77. The molecule has 0 radical (unpaired) electrons. The van der Waals surface area contributed by atoms with Gasteiger partial charge < -0.3 is 9.47 Å². The van der Waals surface area contributed by atoms with Crippen LogP contribution in [-0.4, -0.2) is 30.8 Å². The number of ketones is 1. The number of rotatable bonds is 8. The number of hydrazine groups is 1. The molecule has 0 aliphatic rings. The number of carbonyl (C=O) groups excluding carboxylic acids is 3. The van der Waals surface area contributed by atoms with Crippen molar-refractivity contribution in [3.63, 3.8) is 0 Å². The zero-order chi connectivity index (χ0) is 22.9. The Kier molecular flexibility index (Phi) is 7.59. The lowest BCUT2D eigenvalue weighted by atomic mass is 10.0. The first-order valence-electron chi connectivity index (χ1n) is 10.0. The van der Waals surface area contributed by atoms with Crippen molar-refractivity contribution in [1.82, 2.24) is 10.9 Å². The summed E-state index contributed by atoms with van der Waals surface area (Å²) in [5.41, 5.74) is 7.84. The molecule has 7 nitrogen and oxygen atoms in total. The molecule has 0 aromatic heterocycles. The first-order valence-corrected chi connectivity index (χ1v) is 10.0. The first-order chi connectivity index (χ1) is 15.4. The van der Waals surface area contributed by atoms with Crippen molar-refractivity contribution in [3.05, 3.63) is 95.1 Å². The zero-order valence-corrected chi connectivity index (χ0v) is 17.9. The topological polar surface area (TPSA) is 93.7 Å². The SMILES string of the molecule is Cc1ccc(OCC(=O)NNC(=O)COc2ccc(C(=O)c3ccccc3)cc2)cc1C. The predicted octanol–water partition coefficient (Wildman–Crippen LogP) is 3.14. The first kappa shape index (κ1) is 22.6. The molecule has 2 N–H and O–H groups in total. The van der Waals surface area contributed by atoms with Crippen molar-refractivity contribution in [1.29, 1.82) is 0 Å². The number of hydrogen-bond donors (Lipinski definition) is 2. The maximum absolute atomic E-state index is 12.4. The van der Waals surface area contributed by atoms with Gasteiger partial charge in [-0.25, -0.2) is 0 Å². The highest BCUT2D eigenvalue weighted by atomic mass is 16.5. The Morgan fingerprint density at radius 3 is 1.78 bits per heavy atom. The second-order valence-corrected chi connectivity index (χ2v) is 7.14. The number of carbonyl (C=O) groups is 3. The average molecular weight is 432 g/mol. The van der Waals surface area contributed by atoms with E-state index in [-0.39, 0.29) is 19.0 Å². The molecule has 3 aromatic carbocycles. The summed E-state index contributed by atoms with van der Waals surface area (Å²) in [5.74, 6) is -0.129. The van der Waals surface area contributed by atoms with Gasteiger partial charge in [-0.15, -0.1) is 0 Å². The van der Waals surface area contributed by atoms with E-state index in [1.807, 2.05) is 32.0 Å². The van der Waals surface area contributed by atoms with Crippen LogP contribution in [0.4, 0.5) is 0 Å². The minimum absolute atomic E-state index is 0.0966.